The highest BCUT2D eigenvalue weighted by atomic mass is 35.5. The zero-order valence-corrected chi connectivity index (χ0v) is 14.7. The minimum atomic E-state index is -0.131. The molecule has 1 spiro atoms. The number of rotatable bonds is 1. The lowest BCUT2D eigenvalue weighted by molar-refractivity contribution is -0.0504. The maximum absolute atomic E-state index is 12.6. The topological polar surface area (TPSA) is 44.8 Å². The minimum Gasteiger partial charge on any atom is -0.381 e. The number of anilines is 1. The number of halogens is 2. The molecule has 1 aromatic carbocycles. The van der Waals surface area contributed by atoms with Crippen molar-refractivity contribution in [2.24, 2.45) is 0 Å². The number of likely N-dealkylation sites (N-methyl/N-ethyl adjacent to an activating group) is 1. The van der Waals surface area contributed by atoms with Gasteiger partial charge in [-0.1, -0.05) is 29.3 Å². The van der Waals surface area contributed by atoms with Crippen molar-refractivity contribution < 1.29 is 9.53 Å². The van der Waals surface area contributed by atoms with Gasteiger partial charge in [-0.15, -0.1) is 0 Å². The van der Waals surface area contributed by atoms with Crippen molar-refractivity contribution in [3.63, 3.8) is 0 Å². The molecule has 7 heteroatoms. The lowest BCUT2D eigenvalue weighted by atomic mass is 9.86. The van der Waals surface area contributed by atoms with Gasteiger partial charge in [0.2, 0.25) is 0 Å². The molecule has 2 saturated heterocycles. The summed E-state index contributed by atoms with van der Waals surface area (Å²) in [5, 5.41) is 3.69. The summed E-state index contributed by atoms with van der Waals surface area (Å²) in [7, 11) is 2.13. The van der Waals surface area contributed by atoms with Crippen LogP contribution >= 0.6 is 23.2 Å². The van der Waals surface area contributed by atoms with Gasteiger partial charge in [0.05, 0.1) is 15.7 Å². The van der Waals surface area contributed by atoms with E-state index in [1.54, 1.807) is 18.2 Å². The van der Waals surface area contributed by atoms with Gasteiger partial charge < -0.3 is 15.0 Å². The lowest BCUT2D eigenvalue weighted by Crippen LogP contribution is -2.64. The molecule has 126 valence electrons. The third-order valence-electron chi connectivity index (χ3n) is 4.90. The molecule has 0 saturated carbocycles. The first kappa shape index (κ1) is 16.8. The largest absolute Gasteiger partial charge is 0.381 e. The maximum atomic E-state index is 12.6. The van der Waals surface area contributed by atoms with E-state index in [0.717, 1.165) is 32.6 Å². The van der Waals surface area contributed by atoms with Gasteiger partial charge in [0.25, 0.3) is 0 Å². The van der Waals surface area contributed by atoms with Gasteiger partial charge in [0, 0.05) is 38.4 Å². The Morgan fingerprint density at radius 3 is 2.74 bits per heavy atom. The molecular weight excluding hydrogens is 337 g/mol. The van der Waals surface area contributed by atoms with E-state index in [4.69, 9.17) is 27.9 Å². The normalized spacial score (nSPS) is 21.4. The van der Waals surface area contributed by atoms with E-state index in [1.807, 2.05) is 4.90 Å². The van der Waals surface area contributed by atoms with Crippen molar-refractivity contribution in [1.29, 1.82) is 0 Å². The second-order valence-corrected chi connectivity index (χ2v) is 7.00. The predicted octanol–water partition coefficient (Wildman–Crippen LogP) is 3.32. The number of urea groups is 1. The summed E-state index contributed by atoms with van der Waals surface area (Å²) in [5.41, 5.74) is 0.565. The molecule has 5 nitrogen and oxygen atoms in total. The van der Waals surface area contributed by atoms with E-state index < -0.39 is 0 Å². The van der Waals surface area contributed by atoms with Crippen molar-refractivity contribution in [2.45, 2.75) is 18.4 Å². The monoisotopic (exact) mass is 357 g/mol. The molecule has 0 aromatic heterocycles. The number of carbonyl (C=O) groups is 1. The number of benzene rings is 1. The van der Waals surface area contributed by atoms with Crippen molar-refractivity contribution in [3.8, 4) is 0 Å². The molecule has 1 N–H and O–H groups in total. The van der Waals surface area contributed by atoms with Gasteiger partial charge in [0.1, 0.15) is 0 Å². The van der Waals surface area contributed by atoms with E-state index in [0.29, 0.717) is 28.8 Å². The van der Waals surface area contributed by atoms with E-state index >= 15 is 0 Å². The number of nitrogens with one attached hydrogen (secondary N) is 1. The van der Waals surface area contributed by atoms with Crippen LogP contribution in [0.1, 0.15) is 12.8 Å². The molecule has 2 aliphatic heterocycles. The number of amides is 2. The zero-order valence-electron chi connectivity index (χ0n) is 13.1. The smallest absolute Gasteiger partial charge is 0.321 e. The van der Waals surface area contributed by atoms with Crippen LogP contribution in [0, 0.1) is 0 Å². The number of nitrogens with zero attached hydrogens (tertiary/aromatic N) is 2. The second-order valence-electron chi connectivity index (χ2n) is 6.21. The highest BCUT2D eigenvalue weighted by molar-refractivity contribution is 6.43. The highest BCUT2D eigenvalue weighted by Gasteiger charge is 2.42. The van der Waals surface area contributed by atoms with Crippen LogP contribution in [0.3, 0.4) is 0 Å². The molecule has 0 atom stereocenters. The van der Waals surface area contributed by atoms with Crippen LogP contribution in [-0.2, 0) is 4.74 Å². The summed E-state index contributed by atoms with van der Waals surface area (Å²) >= 11 is 12.2. The fraction of sp³-hybridized carbons (Fsp3) is 0.562. The molecular formula is C16H21Cl2N3O2. The van der Waals surface area contributed by atoms with Gasteiger partial charge in [-0.2, -0.15) is 0 Å². The van der Waals surface area contributed by atoms with E-state index in [9.17, 15) is 4.79 Å². The quantitative estimate of drug-likeness (QED) is 0.838. The van der Waals surface area contributed by atoms with E-state index in [-0.39, 0.29) is 11.6 Å². The number of hydrogen-bond acceptors (Lipinski definition) is 3. The van der Waals surface area contributed by atoms with Gasteiger partial charge in [-0.3, -0.25) is 4.90 Å². The fourth-order valence-electron chi connectivity index (χ4n) is 3.32. The Hall–Kier alpha value is -1.01. The predicted molar refractivity (Wildman–Crippen MR) is 92.5 cm³/mol. The van der Waals surface area contributed by atoms with Crippen LogP contribution in [0.5, 0.6) is 0 Å². The Morgan fingerprint density at radius 2 is 2.00 bits per heavy atom. The number of ether oxygens (including phenoxy) is 1. The first-order valence-electron chi connectivity index (χ1n) is 7.81. The maximum Gasteiger partial charge on any atom is 0.321 e. The summed E-state index contributed by atoms with van der Waals surface area (Å²) in [4.78, 5) is 16.9. The van der Waals surface area contributed by atoms with Crippen molar-refractivity contribution in [3.05, 3.63) is 28.2 Å². The zero-order chi connectivity index (χ0) is 16.4. The van der Waals surface area contributed by atoms with Gasteiger partial charge >= 0.3 is 6.03 Å². The van der Waals surface area contributed by atoms with Crippen LogP contribution in [0.4, 0.5) is 10.5 Å². The molecule has 0 radical (unpaired) electrons. The molecule has 23 heavy (non-hydrogen) atoms. The number of hydrogen-bond donors (Lipinski definition) is 1. The Balaban J connectivity index is 1.71. The Morgan fingerprint density at radius 1 is 1.26 bits per heavy atom. The SMILES string of the molecule is CN1CCN(C(=O)Nc2cccc(Cl)c2Cl)CC12CCOCC2. The van der Waals surface area contributed by atoms with Gasteiger partial charge in [-0.25, -0.2) is 4.79 Å². The second kappa shape index (κ2) is 6.85. The Labute approximate surface area is 146 Å². The average Bonchev–Trinajstić information content (AvgIpc) is 2.55. The molecule has 0 bridgehead atoms. The molecule has 2 fully saturated rings. The van der Waals surface area contributed by atoms with Crippen LogP contribution in [0.2, 0.25) is 10.0 Å². The van der Waals surface area contributed by atoms with Crippen molar-refractivity contribution in [1.82, 2.24) is 9.80 Å². The first-order valence-corrected chi connectivity index (χ1v) is 8.56. The van der Waals surface area contributed by atoms with Crippen LogP contribution in [0.15, 0.2) is 18.2 Å². The molecule has 0 unspecified atom stereocenters. The molecule has 2 heterocycles. The fourth-order valence-corrected chi connectivity index (χ4v) is 3.67. The third kappa shape index (κ3) is 3.43. The molecule has 0 aliphatic carbocycles. The minimum absolute atomic E-state index is 0.0198. The first-order chi connectivity index (χ1) is 11.0. The van der Waals surface area contributed by atoms with Gasteiger partial charge in [0.15, 0.2) is 0 Å². The summed E-state index contributed by atoms with van der Waals surface area (Å²) in [6.07, 6.45) is 1.90. The Kier molecular flexibility index (Phi) is 5.01. The van der Waals surface area contributed by atoms with Crippen LogP contribution in [0.25, 0.3) is 0 Å². The third-order valence-corrected chi connectivity index (χ3v) is 5.72. The van der Waals surface area contributed by atoms with Crippen molar-refractivity contribution >= 4 is 34.9 Å². The lowest BCUT2D eigenvalue weighted by Gasteiger charge is -2.51. The van der Waals surface area contributed by atoms with Crippen molar-refractivity contribution in [2.75, 3.05) is 45.2 Å². The standard InChI is InChI=1S/C16H21Cl2N3O2/c1-20-7-8-21(11-16(20)5-9-23-10-6-16)15(22)19-13-4-2-3-12(17)14(13)18/h2-4H,5-11H2,1H3,(H,19,22). The van der Waals surface area contributed by atoms with Gasteiger partial charge in [-0.05, 0) is 32.0 Å². The molecule has 1 aromatic rings. The van der Waals surface area contributed by atoms with E-state index in [1.165, 1.54) is 0 Å². The summed E-state index contributed by atoms with van der Waals surface area (Å²) in [6.45, 7) is 3.76. The molecule has 2 aliphatic rings. The van der Waals surface area contributed by atoms with Crippen LogP contribution < -0.4 is 5.32 Å². The van der Waals surface area contributed by atoms with Crippen LogP contribution in [-0.4, -0.2) is 61.3 Å². The van der Waals surface area contributed by atoms with E-state index in [2.05, 4.69) is 17.3 Å². The summed E-state index contributed by atoms with van der Waals surface area (Å²) in [6, 6.07) is 5.10. The molecule has 2 amide bonds. The summed E-state index contributed by atoms with van der Waals surface area (Å²) in [5.74, 6) is 0. The number of carbonyl (C=O) groups excluding carboxylic acids is 1. The Bertz CT molecular complexity index is 591. The molecule has 3 rings (SSSR count). The number of piperazine rings is 1. The average molecular weight is 358 g/mol. The highest BCUT2D eigenvalue weighted by Crippen LogP contribution is 2.32. The summed E-state index contributed by atoms with van der Waals surface area (Å²) < 4.78 is 5.49.